The lowest BCUT2D eigenvalue weighted by atomic mass is 10.2. The molecule has 0 bridgehead atoms. The molecule has 134 valence electrons. The summed E-state index contributed by atoms with van der Waals surface area (Å²) in [6, 6.07) is 17.0. The van der Waals surface area contributed by atoms with E-state index in [4.69, 9.17) is 5.84 Å². The smallest absolute Gasteiger partial charge is 0.237 e. The van der Waals surface area contributed by atoms with Gasteiger partial charge in [0.1, 0.15) is 0 Å². The maximum absolute atomic E-state index is 12.6. The molecular formula is C18H18BrN5OS. The molecule has 8 heteroatoms. The highest BCUT2D eigenvalue weighted by molar-refractivity contribution is 9.10. The van der Waals surface area contributed by atoms with Gasteiger partial charge in [0, 0.05) is 15.7 Å². The summed E-state index contributed by atoms with van der Waals surface area (Å²) in [4.78, 5) is 12.6. The number of anilines is 1. The molecule has 0 radical (unpaired) electrons. The fourth-order valence-electron chi connectivity index (χ4n) is 2.38. The van der Waals surface area contributed by atoms with Gasteiger partial charge in [-0.05, 0) is 30.7 Å². The van der Waals surface area contributed by atoms with E-state index in [1.54, 1.807) is 0 Å². The predicted molar refractivity (Wildman–Crippen MR) is 108 cm³/mol. The molecule has 0 saturated carbocycles. The molecule has 1 aromatic heterocycles. The summed E-state index contributed by atoms with van der Waals surface area (Å²) in [7, 11) is 0. The Balaban J connectivity index is 1.77. The van der Waals surface area contributed by atoms with Crippen molar-refractivity contribution >= 4 is 39.3 Å². The highest BCUT2D eigenvalue weighted by Crippen LogP contribution is 2.30. The average molecular weight is 432 g/mol. The van der Waals surface area contributed by atoms with Crippen LogP contribution in [0.15, 0.2) is 64.2 Å². The van der Waals surface area contributed by atoms with Crippen LogP contribution in [0.3, 0.4) is 0 Å². The molecule has 0 spiro atoms. The molecular weight excluding hydrogens is 414 g/mol. The first-order valence-corrected chi connectivity index (χ1v) is 9.75. The number of nitrogens with zero attached hydrogens (tertiary/aromatic N) is 3. The highest BCUT2D eigenvalue weighted by Gasteiger charge is 2.23. The molecule has 0 aliphatic rings. The van der Waals surface area contributed by atoms with Crippen LogP contribution in [0.25, 0.3) is 11.4 Å². The number of hydrogen-bond acceptors (Lipinski definition) is 5. The molecule has 3 aromatic rings. The Bertz CT molecular complexity index is 900. The molecule has 2 aromatic carbocycles. The van der Waals surface area contributed by atoms with Crippen LogP contribution in [-0.4, -0.2) is 26.0 Å². The predicted octanol–water partition coefficient (Wildman–Crippen LogP) is 3.93. The number of nitrogens with two attached hydrogens (primary N) is 1. The number of carbonyl (C=O) groups is 1. The number of hydrogen-bond donors (Lipinski definition) is 2. The third kappa shape index (κ3) is 4.08. The maximum Gasteiger partial charge on any atom is 0.237 e. The quantitative estimate of drug-likeness (QED) is 0.456. The van der Waals surface area contributed by atoms with Gasteiger partial charge >= 0.3 is 0 Å². The molecule has 0 saturated heterocycles. The zero-order chi connectivity index (χ0) is 18.5. The van der Waals surface area contributed by atoms with Gasteiger partial charge in [-0.15, -0.1) is 10.2 Å². The SMILES string of the molecule is CCC(Sc1nnc(-c2ccccc2Br)n1N)C(=O)Nc1ccccc1. The first-order chi connectivity index (χ1) is 12.6. The second-order valence-electron chi connectivity index (χ2n) is 5.53. The number of amides is 1. The summed E-state index contributed by atoms with van der Waals surface area (Å²) in [5, 5.41) is 11.4. The molecule has 0 aliphatic carbocycles. The summed E-state index contributed by atoms with van der Waals surface area (Å²) in [5.41, 5.74) is 1.61. The van der Waals surface area contributed by atoms with Crippen LogP contribution in [-0.2, 0) is 4.79 Å². The van der Waals surface area contributed by atoms with Crippen molar-refractivity contribution in [3.63, 3.8) is 0 Å². The Labute approximate surface area is 164 Å². The second-order valence-corrected chi connectivity index (χ2v) is 7.55. The van der Waals surface area contributed by atoms with Gasteiger partial charge in [0.2, 0.25) is 11.1 Å². The largest absolute Gasteiger partial charge is 0.335 e. The number of nitrogen functional groups attached to an aromatic ring is 1. The summed E-state index contributed by atoms with van der Waals surface area (Å²) in [5.74, 6) is 6.63. The number of aromatic nitrogens is 3. The van der Waals surface area contributed by atoms with E-state index in [1.807, 2.05) is 61.5 Å². The number of halogens is 1. The first-order valence-electron chi connectivity index (χ1n) is 8.08. The van der Waals surface area contributed by atoms with E-state index in [1.165, 1.54) is 16.4 Å². The van der Waals surface area contributed by atoms with Crippen LogP contribution in [0.4, 0.5) is 5.69 Å². The normalized spacial score (nSPS) is 11.9. The Morgan fingerprint density at radius 1 is 1.19 bits per heavy atom. The molecule has 0 fully saturated rings. The molecule has 1 unspecified atom stereocenters. The summed E-state index contributed by atoms with van der Waals surface area (Å²) < 4.78 is 2.30. The zero-order valence-corrected chi connectivity index (χ0v) is 16.5. The van der Waals surface area contributed by atoms with Crippen molar-refractivity contribution in [3.05, 3.63) is 59.1 Å². The summed E-state index contributed by atoms with van der Waals surface area (Å²) >= 11 is 4.79. The van der Waals surface area contributed by atoms with Crippen molar-refractivity contribution in [2.75, 3.05) is 11.2 Å². The molecule has 1 atom stereocenters. The van der Waals surface area contributed by atoms with Crippen molar-refractivity contribution < 1.29 is 4.79 Å². The molecule has 3 rings (SSSR count). The van der Waals surface area contributed by atoms with Crippen molar-refractivity contribution in [2.45, 2.75) is 23.8 Å². The van der Waals surface area contributed by atoms with Gasteiger partial charge in [0.05, 0.1) is 5.25 Å². The third-order valence-electron chi connectivity index (χ3n) is 3.73. The Hall–Kier alpha value is -2.32. The van der Waals surface area contributed by atoms with E-state index in [9.17, 15) is 4.79 Å². The summed E-state index contributed by atoms with van der Waals surface area (Å²) in [6.07, 6.45) is 0.639. The van der Waals surface area contributed by atoms with Gasteiger partial charge in [-0.25, -0.2) is 4.68 Å². The minimum Gasteiger partial charge on any atom is -0.335 e. The van der Waals surface area contributed by atoms with Gasteiger partial charge in [-0.3, -0.25) is 4.79 Å². The molecule has 6 nitrogen and oxygen atoms in total. The average Bonchev–Trinajstić information content (AvgIpc) is 3.01. The van der Waals surface area contributed by atoms with E-state index in [0.29, 0.717) is 17.4 Å². The minimum absolute atomic E-state index is 0.0888. The van der Waals surface area contributed by atoms with E-state index in [2.05, 4.69) is 31.4 Å². The maximum atomic E-state index is 12.6. The minimum atomic E-state index is -0.325. The van der Waals surface area contributed by atoms with Gasteiger partial charge in [0.15, 0.2) is 5.82 Å². The Morgan fingerprint density at radius 3 is 2.58 bits per heavy atom. The van der Waals surface area contributed by atoms with Crippen LogP contribution >= 0.6 is 27.7 Å². The lowest BCUT2D eigenvalue weighted by molar-refractivity contribution is -0.115. The Morgan fingerprint density at radius 2 is 1.88 bits per heavy atom. The second kappa shape index (κ2) is 8.37. The molecule has 3 N–H and O–H groups in total. The molecule has 26 heavy (non-hydrogen) atoms. The van der Waals surface area contributed by atoms with Gasteiger partial charge < -0.3 is 11.2 Å². The van der Waals surface area contributed by atoms with Crippen LogP contribution in [0.2, 0.25) is 0 Å². The van der Waals surface area contributed by atoms with Crippen molar-refractivity contribution in [3.8, 4) is 11.4 Å². The van der Waals surface area contributed by atoms with Crippen LogP contribution in [0, 0.1) is 0 Å². The summed E-state index contributed by atoms with van der Waals surface area (Å²) in [6.45, 7) is 1.95. The van der Waals surface area contributed by atoms with E-state index in [0.717, 1.165) is 15.7 Å². The van der Waals surface area contributed by atoms with Crippen LogP contribution < -0.4 is 11.2 Å². The standard InChI is InChI=1S/C18H18BrN5OS/c1-2-15(17(25)21-12-8-4-3-5-9-12)26-18-23-22-16(24(18)20)13-10-6-7-11-14(13)19/h3-11,15H,2,20H2,1H3,(H,21,25). The number of nitrogens with one attached hydrogen (secondary N) is 1. The topological polar surface area (TPSA) is 85.8 Å². The zero-order valence-electron chi connectivity index (χ0n) is 14.1. The Kier molecular flexibility index (Phi) is 5.95. The monoisotopic (exact) mass is 431 g/mol. The number of rotatable bonds is 6. The van der Waals surface area contributed by atoms with E-state index < -0.39 is 0 Å². The number of carbonyl (C=O) groups excluding carboxylic acids is 1. The molecule has 1 amide bonds. The van der Waals surface area contributed by atoms with Gasteiger partial charge in [-0.2, -0.15) is 0 Å². The third-order valence-corrected chi connectivity index (χ3v) is 5.74. The highest BCUT2D eigenvalue weighted by atomic mass is 79.9. The fourth-order valence-corrected chi connectivity index (χ4v) is 3.71. The number of thioether (sulfide) groups is 1. The number of para-hydroxylation sites is 1. The van der Waals surface area contributed by atoms with E-state index in [-0.39, 0.29) is 11.2 Å². The van der Waals surface area contributed by atoms with Crippen molar-refractivity contribution in [1.29, 1.82) is 0 Å². The first kappa shape index (κ1) is 18.5. The van der Waals surface area contributed by atoms with Gasteiger partial charge in [-0.1, -0.05) is 64.9 Å². The van der Waals surface area contributed by atoms with Crippen LogP contribution in [0.5, 0.6) is 0 Å². The molecule has 0 aliphatic heterocycles. The van der Waals surface area contributed by atoms with Crippen molar-refractivity contribution in [1.82, 2.24) is 14.9 Å². The molecule has 1 heterocycles. The lowest BCUT2D eigenvalue weighted by Crippen LogP contribution is -2.25. The lowest BCUT2D eigenvalue weighted by Gasteiger charge is -2.14. The van der Waals surface area contributed by atoms with Crippen LogP contribution in [0.1, 0.15) is 13.3 Å². The van der Waals surface area contributed by atoms with Gasteiger partial charge in [0.25, 0.3) is 0 Å². The number of benzene rings is 2. The fraction of sp³-hybridized carbons (Fsp3) is 0.167. The van der Waals surface area contributed by atoms with Crippen molar-refractivity contribution in [2.24, 2.45) is 0 Å². The van der Waals surface area contributed by atoms with E-state index >= 15 is 0 Å².